The van der Waals surface area contributed by atoms with Crippen LogP contribution in [0.25, 0.3) is 0 Å². The van der Waals surface area contributed by atoms with Gasteiger partial charge in [0, 0.05) is 26.2 Å². The summed E-state index contributed by atoms with van der Waals surface area (Å²) in [6.45, 7) is 9.49. The van der Waals surface area contributed by atoms with Crippen LogP contribution in [0.5, 0.6) is 0 Å². The standard InChI is InChI=1S/C12H25N2O/c1-3-5-8-14(9-6-4-2)12-11-13-7-10-15-12/h13H,3-11H2,1-2H3. The molecule has 1 aliphatic rings. The molecule has 1 aliphatic heterocycles. The van der Waals surface area contributed by atoms with Gasteiger partial charge in [-0.1, -0.05) is 26.7 Å². The lowest BCUT2D eigenvalue weighted by molar-refractivity contribution is 0.0123. The average Bonchev–Trinajstić information content (AvgIpc) is 2.30. The minimum atomic E-state index is 0.823. The molecule has 0 atom stereocenters. The van der Waals surface area contributed by atoms with E-state index in [0.717, 1.165) is 39.0 Å². The van der Waals surface area contributed by atoms with Gasteiger partial charge in [0.2, 0.25) is 0 Å². The van der Waals surface area contributed by atoms with E-state index in [1.807, 2.05) is 0 Å². The summed E-state index contributed by atoms with van der Waals surface area (Å²) in [5.74, 6) is 0. The summed E-state index contributed by atoms with van der Waals surface area (Å²) < 4.78 is 5.71. The Balaban J connectivity index is 2.30. The number of ether oxygens (including phenoxy) is 1. The van der Waals surface area contributed by atoms with Gasteiger partial charge >= 0.3 is 0 Å². The Morgan fingerprint density at radius 3 is 2.33 bits per heavy atom. The third-order valence-electron chi connectivity index (χ3n) is 2.74. The number of hydrogen-bond donors (Lipinski definition) is 1. The molecule has 0 amide bonds. The molecule has 1 saturated heterocycles. The Bertz CT molecular complexity index is 139. The van der Waals surface area contributed by atoms with Crippen molar-refractivity contribution in [2.45, 2.75) is 39.5 Å². The molecule has 1 heterocycles. The lowest BCUT2D eigenvalue weighted by Crippen LogP contribution is -2.44. The molecular formula is C12H25N2O. The zero-order valence-corrected chi connectivity index (χ0v) is 10.2. The van der Waals surface area contributed by atoms with Crippen molar-refractivity contribution in [1.29, 1.82) is 0 Å². The van der Waals surface area contributed by atoms with Crippen molar-refractivity contribution in [3.8, 4) is 0 Å². The highest BCUT2D eigenvalue weighted by molar-refractivity contribution is 4.85. The summed E-state index contributed by atoms with van der Waals surface area (Å²) in [5.41, 5.74) is 0. The number of morpholine rings is 1. The van der Waals surface area contributed by atoms with Gasteiger partial charge in [-0.3, -0.25) is 4.90 Å². The van der Waals surface area contributed by atoms with Crippen molar-refractivity contribution in [3.05, 3.63) is 6.23 Å². The van der Waals surface area contributed by atoms with Crippen molar-refractivity contribution in [3.63, 3.8) is 0 Å². The van der Waals surface area contributed by atoms with Gasteiger partial charge in [-0.25, -0.2) is 0 Å². The van der Waals surface area contributed by atoms with E-state index in [1.165, 1.54) is 25.7 Å². The zero-order chi connectivity index (χ0) is 10.9. The van der Waals surface area contributed by atoms with Gasteiger partial charge in [-0.15, -0.1) is 0 Å². The van der Waals surface area contributed by atoms with Crippen molar-refractivity contribution in [1.82, 2.24) is 10.2 Å². The van der Waals surface area contributed by atoms with Crippen LogP contribution in [-0.4, -0.2) is 37.7 Å². The SMILES string of the molecule is CCCCN(CCCC)[C]1CNCCO1. The Morgan fingerprint density at radius 2 is 1.87 bits per heavy atom. The average molecular weight is 213 g/mol. The molecule has 0 unspecified atom stereocenters. The van der Waals surface area contributed by atoms with Crippen LogP contribution < -0.4 is 5.32 Å². The van der Waals surface area contributed by atoms with Crippen LogP contribution in [0.1, 0.15) is 39.5 Å². The van der Waals surface area contributed by atoms with Crippen LogP contribution in [0.2, 0.25) is 0 Å². The molecule has 0 bridgehead atoms. The van der Waals surface area contributed by atoms with E-state index < -0.39 is 0 Å². The molecule has 1 rings (SSSR count). The Hall–Kier alpha value is -0.120. The molecule has 0 spiro atoms. The summed E-state index contributed by atoms with van der Waals surface area (Å²) in [5, 5.41) is 3.36. The summed E-state index contributed by atoms with van der Waals surface area (Å²) >= 11 is 0. The van der Waals surface area contributed by atoms with Gasteiger partial charge in [0.05, 0.1) is 6.61 Å². The van der Waals surface area contributed by atoms with Gasteiger partial charge in [-0.05, 0) is 12.8 Å². The summed E-state index contributed by atoms with van der Waals surface area (Å²) in [7, 11) is 0. The van der Waals surface area contributed by atoms with E-state index in [0.29, 0.717) is 0 Å². The first-order valence-corrected chi connectivity index (χ1v) is 6.32. The largest absolute Gasteiger partial charge is 0.353 e. The molecule has 1 N–H and O–H groups in total. The Labute approximate surface area is 94.2 Å². The fraction of sp³-hybridized carbons (Fsp3) is 0.917. The number of unbranched alkanes of at least 4 members (excludes halogenated alkanes) is 2. The lowest BCUT2D eigenvalue weighted by Gasteiger charge is -2.33. The third kappa shape index (κ3) is 4.96. The molecule has 0 aromatic rings. The van der Waals surface area contributed by atoms with Gasteiger partial charge in [0.15, 0.2) is 6.23 Å². The van der Waals surface area contributed by atoms with Crippen molar-refractivity contribution in [2.75, 3.05) is 32.8 Å². The maximum absolute atomic E-state index is 5.71. The van der Waals surface area contributed by atoms with Crippen LogP contribution in [0.15, 0.2) is 0 Å². The predicted octanol–water partition coefficient (Wildman–Crippen LogP) is 2.00. The van der Waals surface area contributed by atoms with Crippen LogP contribution in [0.4, 0.5) is 0 Å². The maximum atomic E-state index is 5.71. The number of hydrogen-bond acceptors (Lipinski definition) is 3. The lowest BCUT2D eigenvalue weighted by atomic mass is 10.2. The molecule has 1 fully saturated rings. The van der Waals surface area contributed by atoms with Gasteiger partial charge < -0.3 is 10.1 Å². The second-order valence-corrected chi connectivity index (χ2v) is 4.11. The smallest absolute Gasteiger partial charge is 0.178 e. The van der Waals surface area contributed by atoms with E-state index in [2.05, 4.69) is 24.1 Å². The molecule has 0 aromatic carbocycles. The van der Waals surface area contributed by atoms with Crippen molar-refractivity contribution in [2.24, 2.45) is 0 Å². The quantitative estimate of drug-likeness (QED) is 0.700. The molecule has 0 aromatic heterocycles. The number of nitrogens with one attached hydrogen (secondary N) is 1. The summed E-state index contributed by atoms with van der Waals surface area (Å²) in [4.78, 5) is 2.42. The highest BCUT2D eigenvalue weighted by Crippen LogP contribution is 2.14. The molecule has 89 valence electrons. The van der Waals surface area contributed by atoms with E-state index >= 15 is 0 Å². The van der Waals surface area contributed by atoms with E-state index in [-0.39, 0.29) is 0 Å². The van der Waals surface area contributed by atoms with Crippen LogP contribution in [0.3, 0.4) is 0 Å². The molecule has 15 heavy (non-hydrogen) atoms. The molecule has 0 aliphatic carbocycles. The van der Waals surface area contributed by atoms with E-state index in [1.54, 1.807) is 0 Å². The summed E-state index contributed by atoms with van der Waals surface area (Å²) in [6, 6.07) is 0. The highest BCUT2D eigenvalue weighted by atomic mass is 16.5. The normalized spacial score (nSPS) is 18.6. The predicted molar refractivity (Wildman–Crippen MR) is 63.5 cm³/mol. The molecular weight excluding hydrogens is 188 g/mol. The van der Waals surface area contributed by atoms with E-state index in [4.69, 9.17) is 4.74 Å². The zero-order valence-electron chi connectivity index (χ0n) is 10.2. The third-order valence-corrected chi connectivity index (χ3v) is 2.74. The van der Waals surface area contributed by atoms with Crippen LogP contribution in [-0.2, 0) is 4.74 Å². The Kier molecular flexibility index (Phi) is 6.98. The fourth-order valence-corrected chi connectivity index (χ4v) is 1.75. The first kappa shape index (κ1) is 12.9. The van der Waals surface area contributed by atoms with Gasteiger partial charge in [0.1, 0.15) is 0 Å². The first-order chi connectivity index (χ1) is 7.38. The molecule has 3 nitrogen and oxygen atoms in total. The van der Waals surface area contributed by atoms with Gasteiger partial charge in [-0.2, -0.15) is 0 Å². The highest BCUT2D eigenvalue weighted by Gasteiger charge is 2.21. The second-order valence-electron chi connectivity index (χ2n) is 4.11. The van der Waals surface area contributed by atoms with Crippen LogP contribution >= 0.6 is 0 Å². The van der Waals surface area contributed by atoms with E-state index in [9.17, 15) is 0 Å². The number of rotatable bonds is 7. The Morgan fingerprint density at radius 1 is 1.20 bits per heavy atom. The molecule has 0 saturated carbocycles. The topological polar surface area (TPSA) is 24.5 Å². The second kappa shape index (κ2) is 8.08. The molecule has 3 heteroatoms. The monoisotopic (exact) mass is 213 g/mol. The summed E-state index contributed by atoms with van der Waals surface area (Å²) in [6.07, 6.45) is 6.18. The minimum Gasteiger partial charge on any atom is -0.353 e. The molecule has 1 radical (unpaired) electrons. The first-order valence-electron chi connectivity index (χ1n) is 6.32. The number of nitrogens with zero attached hydrogens (tertiary/aromatic N) is 1. The fourth-order valence-electron chi connectivity index (χ4n) is 1.75. The van der Waals surface area contributed by atoms with Crippen LogP contribution in [0, 0.1) is 6.23 Å². The van der Waals surface area contributed by atoms with Gasteiger partial charge in [0.25, 0.3) is 0 Å². The maximum Gasteiger partial charge on any atom is 0.178 e. The van der Waals surface area contributed by atoms with Crippen molar-refractivity contribution < 1.29 is 4.74 Å². The minimum absolute atomic E-state index is 0.823. The van der Waals surface area contributed by atoms with Crippen molar-refractivity contribution >= 4 is 0 Å².